The van der Waals surface area contributed by atoms with Gasteiger partial charge in [0.2, 0.25) is 0 Å². The number of fused-ring (bicyclic) bond motifs is 2. The fourth-order valence-corrected chi connectivity index (χ4v) is 3.96. The van der Waals surface area contributed by atoms with Crippen LogP contribution < -0.4 is 5.32 Å². The van der Waals surface area contributed by atoms with Crippen molar-refractivity contribution in [2.75, 3.05) is 6.54 Å². The summed E-state index contributed by atoms with van der Waals surface area (Å²) in [5, 5.41) is 2.92. The highest BCUT2D eigenvalue weighted by molar-refractivity contribution is 5.97. The minimum atomic E-state index is -0.513. The molecule has 27 heavy (non-hydrogen) atoms. The summed E-state index contributed by atoms with van der Waals surface area (Å²) in [5.74, 6) is -0.928. The Bertz CT molecular complexity index is 989. The number of H-pyrrole nitrogens is 1. The van der Waals surface area contributed by atoms with Crippen LogP contribution >= 0.6 is 0 Å². The summed E-state index contributed by atoms with van der Waals surface area (Å²) in [6.07, 6.45) is 5.68. The van der Waals surface area contributed by atoms with Crippen molar-refractivity contribution in [3.05, 3.63) is 65.0 Å². The number of hydrogen-bond donors (Lipinski definition) is 2. The van der Waals surface area contributed by atoms with Crippen LogP contribution in [-0.2, 0) is 6.42 Å². The van der Waals surface area contributed by atoms with E-state index in [2.05, 4.69) is 15.3 Å². The van der Waals surface area contributed by atoms with Gasteiger partial charge in [-0.2, -0.15) is 0 Å². The molecule has 0 saturated carbocycles. The Morgan fingerprint density at radius 2 is 2.19 bits per heavy atom. The highest BCUT2D eigenvalue weighted by atomic mass is 19.1. The molecule has 2 aromatic carbocycles. The molecule has 0 saturated heterocycles. The van der Waals surface area contributed by atoms with Gasteiger partial charge >= 0.3 is 0 Å². The summed E-state index contributed by atoms with van der Waals surface area (Å²) in [5.41, 5.74) is 3.69. The van der Waals surface area contributed by atoms with E-state index in [0.29, 0.717) is 24.1 Å². The Hall–Kier alpha value is -2.76. The van der Waals surface area contributed by atoms with E-state index in [1.807, 2.05) is 6.07 Å². The lowest BCUT2D eigenvalue weighted by Gasteiger charge is -2.26. The van der Waals surface area contributed by atoms with Crippen LogP contribution in [-0.4, -0.2) is 22.4 Å². The maximum Gasteiger partial charge on any atom is 0.251 e. The molecule has 142 valence electrons. The molecule has 1 aliphatic rings. The lowest BCUT2D eigenvalue weighted by molar-refractivity contribution is 0.0953. The van der Waals surface area contributed by atoms with Crippen LogP contribution in [0.4, 0.5) is 8.78 Å². The molecule has 1 amide bonds. The predicted octanol–water partition coefficient (Wildman–Crippen LogP) is 4.72. The molecule has 1 atom stereocenters. The molecule has 1 aromatic heterocycles. The number of halogens is 2. The van der Waals surface area contributed by atoms with E-state index in [1.54, 1.807) is 18.5 Å². The largest absolute Gasteiger partial charge is 0.352 e. The van der Waals surface area contributed by atoms with Crippen molar-refractivity contribution in [3.63, 3.8) is 0 Å². The van der Waals surface area contributed by atoms with E-state index in [9.17, 15) is 13.6 Å². The van der Waals surface area contributed by atoms with Gasteiger partial charge < -0.3 is 10.3 Å². The van der Waals surface area contributed by atoms with Crippen LogP contribution in [0.2, 0.25) is 0 Å². The van der Waals surface area contributed by atoms with E-state index >= 15 is 0 Å². The van der Waals surface area contributed by atoms with Crippen LogP contribution in [0.3, 0.4) is 0 Å². The Balaban J connectivity index is 0.00000225. The minimum absolute atomic E-state index is 0. The number of carbonyl (C=O) groups excluding carboxylic acids is 1. The molecule has 4 nitrogen and oxygen atoms in total. The van der Waals surface area contributed by atoms with Gasteiger partial charge in [-0.1, -0.05) is 0 Å². The zero-order valence-electron chi connectivity index (χ0n) is 14.9. The van der Waals surface area contributed by atoms with Gasteiger partial charge in [0, 0.05) is 19.6 Å². The monoisotopic (exact) mass is 371 g/mol. The Morgan fingerprint density at radius 1 is 1.30 bits per heavy atom. The molecule has 0 radical (unpaired) electrons. The van der Waals surface area contributed by atoms with Crippen LogP contribution in [0.25, 0.3) is 11.0 Å². The average Bonchev–Trinajstić information content (AvgIpc) is 3.13. The smallest absolute Gasteiger partial charge is 0.251 e. The first-order valence-corrected chi connectivity index (χ1v) is 9.31. The molecule has 0 bridgehead atoms. The van der Waals surface area contributed by atoms with E-state index in [-0.39, 0.29) is 13.3 Å². The highest BCUT2D eigenvalue weighted by Crippen LogP contribution is 2.36. The molecule has 1 aliphatic carbocycles. The maximum atomic E-state index is 14.0. The van der Waals surface area contributed by atoms with Gasteiger partial charge in [0.05, 0.1) is 17.4 Å². The molecular weight excluding hydrogens is 348 g/mol. The van der Waals surface area contributed by atoms with Crippen LogP contribution in [0.5, 0.6) is 0 Å². The van der Waals surface area contributed by atoms with E-state index in [0.717, 1.165) is 48.3 Å². The highest BCUT2D eigenvalue weighted by Gasteiger charge is 2.23. The van der Waals surface area contributed by atoms with E-state index in [4.69, 9.17) is 0 Å². The molecule has 2 N–H and O–H groups in total. The van der Waals surface area contributed by atoms with Gasteiger partial charge in [0.15, 0.2) is 0 Å². The van der Waals surface area contributed by atoms with Crippen molar-refractivity contribution in [2.45, 2.75) is 38.0 Å². The van der Waals surface area contributed by atoms with Crippen molar-refractivity contribution >= 4 is 16.9 Å². The molecule has 0 aliphatic heterocycles. The van der Waals surface area contributed by atoms with Gasteiger partial charge in [0.1, 0.15) is 11.6 Å². The van der Waals surface area contributed by atoms with Gasteiger partial charge in [-0.3, -0.25) is 4.79 Å². The topological polar surface area (TPSA) is 57.8 Å². The lowest BCUT2D eigenvalue weighted by atomic mass is 9.80. The number of carbonyl (C=O) groups is 1. The third-order valence-corrected chi connectivity index (χ3v) is 5.31. The van der Waals surface area contributed by atoms with Crippen LogP contribution in [0.1, 0.15) is 54.5 Å². The summed E-state index contributed by atoms with van der Waals surface area (Å²) < 4.78 is 27.6. The van der Waals surface area contributed by atoms with Crippen molar-refractivity contribution in [2.24, 2.45) is 0 Å². The van der Waals surface area contributed by atoms with E-state index in [1.165, 1.54) is 6.07 Å². The number of aromatic nitrogens is 2. The normalized spacial score (nSPS) is 16.3. The van der Waals surface area contributed by atoms with Crippen LogP contribution in [0, 0.1) is 11.6 Å². The molecule has 6 heteroatoms. The van der Waals surface area contributed by atoms with Gasteiger partial charge in [-0.05, 0) is 73.4 Å². The van der Waals surface area contributed by atoms with Crippen LogP contribution in [0.15, 0.2) is 36.7 Å². The second kappa shape index (κ2) is 7.47. The van der Waals surface area contributed by atoms with Gasteiger partial charge in [-0.15, -0.1) is 0 Å². The number of amides is 1. The number of nitrogens with zero attached hydrogens (tertiary/aromatic N) is 1. The third-order valence-electron chi connectivity index (χ3n) is 5.31. The molecule has 1 heterocycles. The molecule has 1 unspecified atom stereocenters. The van der Waals surface area contributed by atoms with Crippen molar-refractivity contribution < 1.29 is 15.0 Å². The first-order chi connectivity index (χ1) is 13.1. The molecule has 3 aromatic rings. The van der Waals surface area contributed by atoms with Crippen molar-refractivity contribution in [1.29, 1.82) is 0 Å². The number of benzene rings is 2. The fourth-order valence-electron chi connectivity index (χ4n) is 3.96. The zero-order valence-corrected chi connectivity index (χ0v) is 14.9. The van der Waals surface area contributed by atoms with E-state index < -0.39 is 11.6 Å². The average molecular weight is 371 g/mol. The second-order valence-electron chi connectivity index (χ2n) is 7.08. The quantitative estimate of drug-likeness (QED) is 0.638. The molecule has 0 fully saturated rings. The number of hydrogen-bond acceptors (Lipinski definition) is 2. The van der Waals surface area contributed by atoms with Gasteiger partial charge in [0.25, 0.3) is 5.91 Å². The molecule has 0 spiro atoms. The van der Waals surface area contributed by atoms with Crippen molar-refractivity contribution in [1.82, 2.24) is 15.3 Å². The summed E-state index contributed by atoms with van der Waals surface area (Å²) >= 11 is 0. The summed E-state index contributed by atoms with van der Waals surface area (Å²) in [7, 11) is 0. The first kappa shape index (κ1) is 17.6. The lowest BCUT2D eigenvalue weighted by Crippen LogP contribution is -2.25. The summed E-state index contributed by atoms with van der Waals surface area (Å²) in [6, 6.07) is 7.78. The summed E-state index contributed by atoms with van der Waals surface area (Å²) in [4.78, 5) is 19.4. The number of imidazole rings is 1. The minimum Gasteiger partial charge on any atom is -0.352 e. The SMILES string of the molecule is O=C(NCCCC1CCCc2c(F)cc(F)cc21)c1ccc2nc[nH]c2c1.[HH]. The fraction of sp³-hybridized carbons (Fsp3) is 0.333. The molecular formula is C21H23F2N3O. The second-order valence-corrected chi connectivity index (χ2v) is 7.08. The summed E-state index contributed by atoms with van der Waals surface area (Å²) in [6.45, 7) is 0.531. The molecule has 4 rings (SSSR count). The Kier molecular flexibility index (Phi) is 4.88. The number of rotatable bonds is 5. The Labute approximate surface area is 157 Å². The Morgan fingerprint density at radius 3 is 3.07 bits per heavy atom. The third kappa shape index (κ3) is 3.70. The van der Waals surface area contributed by atoms with Crippen molar-refractivity contribution in [3.8, 4) is 0 Å². The number of aromatic amines is 1. The predicted molar refractivity (Wildman–Crippen MR) is 102 cm³/mol. The first-order valence-electron chi connectivity index (χ1n) is 9.31. The standard InChI is InChI=1S/C21H21F2N3O.H2/c22-15-10-17-13(3-1-5-16(17)18(23)11-15)4-2-8-24-21(27)14-6-7-19-20(9-14)26-12-25-19;/h6-7,9-13H,1-5,8H2,(H,24,27)(H,25,26);1H. The zero-order chi connectivity index (χ0) is 18.8. The number of nitrogens with one attached hydrogen (secondary N) is 2. The van der Waals surface area contributed by atoms with Gasteiger partial charge in [-0.25, -0.2) is 13.8 Å². The maximum absolute atomic E-state index is 14.0.